The summed E-state index contributed by atoms with van der Waals surface area (Å²) in [5.74, 6) is 0.599. The van der Waals surface area contributed by atoms with E-state index in [4.69, 9.17) is 0 Å². The summed E-state index contributed by atoms with van der Waals surface area (Å²) in [4.78, 5) is 3.68. The molecule has 0 saturated heterocycles. The van der Waals surface area contributed by atoms with E-state index in [1.165, 1.54) is 51.2 Å². The Morgan fingerprint density at radius 1 is 0.821 bits per heavy atom. The molecule has 3 aromatic carbocycles. The average Bonchev–Trinajstić information content (AvgIpc) is 3.09. The lowest BCUT2D eigenvalue weighted by atomic mass is 9.93. The quantitative estimate of drug-likeness (QED) is 0.228. The molecule has 0 radical (unpaired) electrons. The van der Waals surface area contributed by atoms with Gasteiger partial charge in [0.2, 0.25) is 0 Å². The van der Waals surface area contributed by atoms with Crippen LogP contribution in [0.3, 0.4) is 0 Å². The van der Waals surface area contributed by atoms with Crippen molar-refractivity contribution in [1.82, 2.24) is 4.98 Å². The molecule has 0 saturated carbocycles. The van der Waals surface area contributed by atoms with Crippen molar-refractivity contribution >= 4 is 72.6 Å². The van der Waals surface area contributed by atoms with Crippen molar-refractivity contribution in [3.63, 3.8) is 0 Å². The second kappa shape index (κ2) is 7.34. The summed E-state index contributed by atoms with van der Waals surface area (Å²) < 4.78 is 2.53. The van der Waals surface area contributed by atoms with E-state index in [0.29, 0.717) is 5.92 Å². The molecule has 0 amide bonds. The van der Waals surface area contributed by atoms with Crippen LogP contribution in [0.4, 0.5) is 0 Å². The molecule has 1 aliphatic rings. The highest BCUT2D eigenvalue weighted by atomic mass is 127. The van der Waals surface area contributed by atoms with Crippen LogP contribution in [0.5, 0.6) is 0 Å². The maximum atomic E-state index is 3.68. The molecule has 1 unspecified atom stereocenters. The number of H-pyrrole nitrogens is 1. The summed E-state index contributed by atoms with van der Waals surface area (Å²) in [5, 5.41) is 2.61. The summed E-state index contributed by atoms with van der Waals surface area (Å²) >= 11 is 4.92. The van der Waals surface area contributed by atoms with Crippen LogP contribution >= 0.6 is 45.2 Å². The summed E-state index contributed by atoms with van der Waals surface area (Å²) in [6.45, 7) is 2.28. The lowest BCUT2D eigenvalue weighted by Crippen LogP contribution is -1.95. The Hall–Kier alpha value is -1.60. The highest BCUT2D eigenvalue weighted by Gasteiger charge is 2.15. The maximum absolute atomic E-state index is 3.68. The molecule has 138 valence electrons. The van der Waals surface area contributed by atoms with E-state index >= 15 is 0 Å². The minimum atomic E-state index is 0.599. The fraction of sp³-hybridized carbons (Fsp3) is 0.120. The van der Waals surface area contributed by atoms with Crippen LogP contribution in [0.25, 0.3) is 38.5 Å². The smallest absolute Gasteiger partial charge is 0.0601 e. The summed E-state index contributed by atoms with van der Waals surface area (Å²) in [6, 6.07) is 19.9. The standard InChI is InChI=1S/C25H19I2N/c1-15-6-5-9-17(10-15)19-12-21-20-11-18(16-7-3-2-4-8-16)13-22(26)24(20)28-25(21)23(27)14-19/h2-5,7-15,28H,6H2,1H3. The molecule has 1 heterocycles. The molecule has 0 aliphatic heterocycles. The van der Waals surface area contributed by atoms with Crippen LogP contribution in [-0.4, -0.2) is 4.98 Å². The van der Waals surface area contributed by atoms with E-state index in [-0.39, 0.29) is 0 Å². The molecule has 1 N–H and O–H groups in total. The minimum absolute atomic E-state index is 0.599. The Morgan fingerprint density at radius 2 is 1.46 bits per heavy atom. The number of aromatic amines is 1. The first-order valence-electron chi connectivity index (χ1n) is 9.49. The first kappa shape index (κ1) is 18.4. The molecule has 5 rings (SSSR count). The third kappa shape index (κ3) is 3.22. The van der Waals surface area contributed by atoms with Gasteiger partial charge in [0.15, 0.2) is 0 Å². The van der Waals surface area contributed by atoms with E-state index in [1.54, 1.807) is 0 Å². The highest BCUT2D eigenvalue weighted by Crippen LogP contribution is 2.37. The van der Waals surface area contributed by atoms with Crippen LogP contribution in [0.1, 0.15) is 18.9 Å². The highest BCUT2D eigenvalue weighted by molar-refractivity contribution is 14.1. The fourth-order valence-corrected chi connectivity index (χ4v) is 5.54. The lowest BCUT2D eigenvalue weighted by Gasteiger charge is -2.13. The Kier molecular flexibility index (Phi) is 4.83. The van der Waals surface area contributed by atoms with Crippen molar-refractivity contribution in [2.45, 2.75) is 13.3 Å². The minimum Gasteiger partial charge on any atom is -0.353 e. The van der Waals surface area contributed by atoms with Gasteiger partial charge in [0, 0.05) is 17.9 Å². The second-order valence-corrected chi connectivity index (χ2v) is 9.81. The van der Waals surface area contributed by atoms with E-state index in [0.717, 1.165) is 6.42 Å². The number of allylic oxidation sites excluding steroid dienone is 4. The van der Waals surface area contributed by atoms with Gasteiger partial charge in [-0.2, -0.15) is 0 Å². The van der Waals surface area contributed by atoms with Gasteiger partial charge >= 0.3 is 0 Å². The van der Waals surface area contributed by atoms with Gasteiger partial charge in [0.1, 0.15) is 0 Å². The molecule has 0 bridgehead atoms. The molecule has 1 atom stereocenters. The molecular weight excluding hydrogens is 568 g/mol. The van der Waals surface area contributed by atoms with Gasteiger partial charge in [-0.15, -0.1) is 0 Å². The number of aromatic nitrogens is 1. The monoisotopic (exact) mass is 587 g/mol. The van der Waals surface area contributed by atoms with Crippen molar-refractivity contribution in [1.29, 1.82) is 0 Å². The Morgan fingerprint density at radius 3 is 2.14 bits per heavy atom. The zero-order valence-corrected chi connectivity index (χ0v) is 19.8. The summed E-state index contributed by atoms with van der Waals surface area (Å²) in [6.07, 6.45) is 8.09. The average molecular weight is 587 g/mol. The van der Waals surface area contributed by atoms with Gasteiger partial charge in [-0.1, -0.05) is 55.5 Å². The predicted octanol–water partition coefficient (Wildman–Crippen LogP) is 8.18. The van der Waals surface area contributed by atoms with Crippen LogP contribution in [0.15, 0.2) is 72.8 Å². The SMILES string of the molecule is CC1C=C(c2cc(I)c3[nH]c4c(I)cc(-c5ccccc5)cc4c3c2)C=CC1. The van der Waals surface area contributed by atoms with E-state index in [2.05, 4.69) is 130 Å². The largest absolute Gasteiger partial charge is 0.353 e. The van der Waals surface area contributed by atoms with Gasteiger partial charge in [-0.3, -0.25) is 0 Å². The molecule has 3 heteroatoms. The Labute approximate surface area is 192 Å². The van der Waals surface area contributed by atoms with E-state index in [9.17, 15) is 0 Å². The van der Waals surface area contributed by atoms with Crippen LogP contribution in [0.2, 0.25) is 0 Å². The third-order valence-electron chi connectivity index (χ3n) is 5.43. The summed E-state index contributed by atoms with van der Waals surface area (Å²) in [7, 11) is 0. The second-order valence-electron chi connectivity index (χ2n) is 7.49. The number of fused-ring (bicyclic) bond motifs is 3. The van der Waals surface area contributed by atoms with Gasteiger partial charge in [-0.25, -0.2) is 0 Å². The van der Waals surface area contributed by atoms with Crippen molar-refractivity contribution in [2.24, 2.45) is 5.92 Å². The number of benzene rings is 3. The zero-order valence-electron chi connectivity index (χ0n) is 15.5. The van der Waals surface area contributed by atoms with E-state index < -0.39 is 0 Å². The van der Waals surface area contributed by atoms with Crippen molar-refractivity contribution in [3.8, 4) is 11.1 Å². The number of halogens is 2. The van der Waals surface area contributed by atoms with Crippen LogP contribution < -0.4 is 0 Å². The molecule has 28 heavy (non-hydrogen) atoms. The van der Waals surface area contributed by atoms with Crippen molar-refractivity contribution in [3.05, 3.63) is 85.5 Å². The topological polar surface area (TPSA) is 15.8 Å². The third-order valence-corrected chi connectivity index (χ3v) is 7.13. The molecule has 1 aromatic heterocycles. The molecule has 4 aromatic rings. The number of hydrogen-bond donors (Lipinski definition) is 1. The number of rotatable bonds is 2. The zero-order chi connectivity index (χ0) is 19.3. The van der Waals surface area contributed by atoms with Gasteiger partial charge in [0.05, 0.1) is 11.0 Å². The molecule has 0 spiro atoms. The first-order valence-corrected chi connectivity index (χ1v) is 11.6. The van der Waals surface area contributed by atoms with Crippen LogP contribution in [0, 0.1) is 13.1 Å². The predicted molar refractivity (Wildman–Crippen MR) is 138 cm³/mol. The number of nitrogens with one attached hydrogen (secondary N) is 1. The molecule has 1 aliphatic carbocycles. The normalized spacial score (nSPS) is 16.7. The fourth-order valence-electron chi connectivity index (χ4n) is 4.01. The summed E-state index contributed by atoms with van der Waals surface area (Å²) in [5.41, 5.74) is 7.63. The first-order chi connectivity index (χ1) is 13.6. The van der Waals surface area contributed by atoms with Gasteiger partial charge in [-0.05, 0) is 104 Å². The van der Waals surface area contributed by atoms with Crippen molar-refractivity contribution in [2.75, 3.05) is 0 Å². The van der Waals surface area contributed by atoms with Crippen LogP contribution in [-0.2, 0) is 0 Å². The maximum Gasteiger partial charge on any atom is 0.0601 e. The molecule has 0 fully saturated rings. The van der Waals surface area contributed by atoms with E-state index in [1.807, 2.05) is 0 Å². The lowest BCUT2D eigenvalue weighted by molar-refractivity contribution is 0.740. The van der Waals surface area contributed by atoms with Gasteiger partial charge in [0.25, 0.3) is 0 Å². The molecular formula is C25H19I2N. The Balaban J connectivity index is 1.77. The molecule has 1 nitrogen and oxygen atoms in total. The Bertz CT molecular complexity index is 1260. The number of hydrogen-bond acceptors (Lipinski definition) is 0. The van der Waals surface area contributed by atoms with Crippen molar-refractivity contribution < 1.29 is 0 Å². The van der Waals surface area contributed by atoms with Gasteiger partial charge < -0.3 is 4.98 Å².